The minimum atomic E-state index is -0.324. The summed E-state index contributed by atoms with van der Waals surface area (Å²) in [5.41, 5.74) is 2.55. The second-order valence-electron chi connectivity index (χ2n) is 5.90. The smallest absolute Gasteiger partial charge is 0.246 e. The molecule has 4 nitrogen and oxygen atoms in total. The van der Waals surface area contributed by atoms with Gasteiger partial charge in [0, 0.05) is 11.6 Å². The highest BCUT2D eigenvalue weighted by molar-refractivity contribution is 6.02. The van der Waals surface area contributed by atoms with E-state index in [1.165, 1.54) is 0 Å². The van der Waals surface area contributed by atoms with Crippen LogP contribution in [0.25, 0.3) is 10.9 Å². The van der Waals surface area contributed by atoms with Crippen molar-refractivity contribution in [2.75, 3.05) is 18.4 Å². The molecule has 0 saturated carbocycles. The van der Waals surface area contributed by atoms with Crippen molar-refractivity contribution in [2.24, 2.45) is 0 Å². The molecule has 3 rings (SSSR count). The molecule has 1 unspecified atom stereocenters. The van der Waals surface area contributed by atoms with Crippen molar-refractivity contribution in [1.82, 2.24) is 9.88 Å². The SMILES string of the molecule is CCN(CC)C(C(=O)Nc1cccc2cccnc12)c1ccccc1. The zero-order valence-corrected chi connectivity index (χ0v) is 14.6. The van der Waals surface area contributed by atoms with Gasteiger partial charge >= 0.3 is 0 Å². The number of aromatic nitrogens is 1. The summed E-state index contributed by atoms with van der Waals surface area (Å²) in [5, 5.41) is 4.10. The van der Waals surface area contributed by atoms with Crippen LogP contribution in [0, 0.1) is 0 Å². The summed E-state index contributed by atoms with van der Waals surface area (Å²) in [6.07, 6.45) is 1.75. The van der Waals surface area contributed by atoms with E-state index < -0.39 is 0 Å². The molecule has 1 amide bonds. The van der Waals surface area contributed by atoms with Crippen LogP contribution >= 0.6 is 0 Å². The van der Waals surface area contributed by atoms with Gasteiger partial charge in [-0.25, -0.2) is 0 Å². The third kappa shape index (κ3) is 3.69. The van der Waals surface area contributed by atoms with E-state index in [-0.39, 0.29) is 11.9 Å². The monoisotopic (exact) mass is 333 g/mol. The van der Waals surface area contributed by atoms with Crippen LogP contribution in [0.15, 0.2) is 66.9 Å². The van der Waals surface area contributed by atoms with Crippen LogP contribution in [0.4, 0.5) is 5.69 Å². The molecule has 2 aromatic carbocycles. The number of likely N-dealkylation sites (N-methyl/N-ethyl adjacent to an activating group) is 1. The van der Waals surface area contributed by atoms with Gasteiger partial charge in [-0.15, -0.1) is 0 Å². The Morgan fingerprint density at radius 1 is 1.00 bits per heavy atom. The first-order valence-electron chi connectivity index (χ1n) is 8.68. The number of fused-ring (bicyclic) bond motifs is 1. The van der Waals surface area contributed by atoms with Crippen LogP contribution in [0.2, 0.25) is 0 Å². The fourth-order valence-corrected chi connectivity index (χ4v) is 3.16. The fourth-order valence-electron chi connectivity index (χ4n) is 3.16. The Balaban J connectivity index is 1.95. The van der Waals surface area contributed by atoms with Crippen molar-refractivity contribution in [3.8, 4) is 0 Å². The van der Waals surface area contributed by atoms with Crippen LogP contribution in [-0.4, -0.2) is 28.9 Å². The molecule has 1 aromatic heterocycles. The van der Waals surface area contributed by atoms with E-state index >= 15 is 0 Å². The molecule has 1 N–H and O–H groups in total. The van der Waals surface area contributed by atoms with Gasteiger partial charge in [-0.3, -0.25) is 14.7 Å². The molecule has 0 aliphatic carbocycles. The summed E-state index contributed by atoms with van der Waals surface area (Å²) in [6.45, 7) is 5.76. The lowest BCUT2D eigenvalue weighted by atomic mass is 10.0. The van der Waals surface area contributed by atoms with Gasteiger partial charge in [0.05, 0.1) is 11.2 Å². The normalized spacial score (nSPS) is 12.3. The Labute approximate surface area is 148 Å². The summed E-state index contributed by atoms with van der Waals surface area (Å²) >= 11 is 0. The molecule has 0 fully saturated rings. The highest BCUT2D eigenvalue weighted by atomic mass is 16.2. The molecule has 0 saturated heterocycles. The first-order valence-corrected chi connectivity index (χ1v) is 8.68. The van der Waals surface area contributed by atoms with Crippen molar-refractivity contribution in [3.05, 3.63) is 72.4 Å². The molecule has 1 heterocycles. The standard InChI is InChI=1S/C21H23N3O/c1-3-24(4-2)20(17-10-6-5-7-11-17)21(25)23-18-14-8-12-16-13-9-15-22-19(16)18/h5-15,20H,3-4H2,1-2H3,(H,23,25). The number of nitrogens with one attached hydrogen (secondary N) is 1. The van der Waals surface area contributed by atoms with E-state index in [4.69, 9.17) is 0 Å². The zero-order valence-electron chi connectivity index (χ0n) is 14.6. The lowest BCUT2D eigenvalue weighted by Crippen LogP contribution is -2.37. The minimum absolute atomic E-state index is 0.0342. The molecule has 128 valence electrons. The maximum absolute atomic E-state index is 13.1. The van der Waals surface area contributed by atoms with E-state index in [9.17, 15) is 4.79 Å². The Kier molecular flexibility index (Phi) is 5.41. The van der Waals surface area contributed by atoms with E-state index in [0.29, 0.717) is 0 Å². The number of para-hydroxylation sites is 1. The minimum Gasteiger partial charge on any atom is -0.323 e. The summed E-state index contributed by atoms with van der Waals surface area (Å²) < 4.78 is 0. The van der Waals surface area contributed by atoms with Gasteiger partial charge in [0.25, 0.3) is 0 Å². The van der Waals surface area contributed by atoms with Crippen LogP contribution in [0.5, 0.6) is 0 Å². The van der Waals surface area contributed by atoms with Crippen LogP contribution in [0.3, 0.4) is 0 Å². The maximum atomic E-state index is 13.1. The summed E-state index contributed by atoms with van der Waals surface area (Å²) in [4.78, 5) is 19.7. The molecule has 4 heteroatoms. The molecular weight excluding hydrogens is 310 g/mol. The second kappa shape index (κ2) is 7.90. The number of hydrogen-bond acceptors (Lipinski definition) is 3. The molecular formula is C21H23N3O. The number of anilines is 1. The van der Waals surface area contributed by atoms with Crippen molar-refractivity contribution < 1.29 is 4.79 Å². The van der Waals surface area contributed by atoms with E-state index in [0.717, 1.165) is 35.2 Å². The predicted octanol–water partition coefficient (Wildman–Crippen LogP) is 4.26. The van der Waals surface area contributed by atoms with Gasteiger partial charge in [-0.05, 0) is 30.8 Å². The first kappa shape index (κ1) is 17.1. The number of amides is 1. The summed E-state index contributed by atoms with van der Waals surface area (Å²) in [5.74, 6) is -0.0342. The van der Waals surface area contributed by atoms with Gasteiger partial charge in [0.15, 0.2) is 0 Å². The number of pyridine rings is 1. The first-order chi connectivity index (χ1) is 12.2. The highest BCUT2D eigenvalue weighted by Gasteiger charge is 2.26. The third-order valence-electron chi connectivity index (χ3n) is 4.43. The van der Waals surface area contributed by atoms with Crippen LogP contribution in [0.1, 0.15) is 25.5 Å². The van der Waals surface area contributed by atoms with Crippen molar-refractivity contribution >= 4 is 22.5 Å². The number of hydrogen-bond donors (Lipinski definition) is 1. The quantitative estimate of drug-likeness (QED) is 0.733. The third-order valence-corrected chi connectivity index (χ3v) is 4.43. The number of carbonyl (C=O) groups excluding carboxylic acids is 1. The molecule has 0 bridgehead atoms. The molecule has 25 heavy (non-hydrogen) atoms. The van der Waals surface area contributed by atoms with Gasteiger partial charge in [-0.1, -0.05) is 62.4 Å². The van der Waals surface area contributed by atoms with Crippen LogP contribution in [-0.2, 0) is 4.79 Å². The maximum Gasteiger partial charge on any atom is 0.246 e. The summed E-state index contributed by atoms with van der Waals surface area (Å²) in [7, 11) is 0. The summed E-state index contributed by atoms with van der Waals surface area (Å²) in [6, 6.07) is 19.3. The highest BCUT2D eigenvalue weighted by Crippen LogP contribution is 2.25. The Bertz CT molecular complexity index is 839. The zero-order chi connectivity index (χ0) is 17.6. The average Bonchev–Trinajstić information content (AvgIpc) is 2.67. The molecule has 3 aromatic rings. The van der Waals surface area contributed by atoms with Gasteiger partial charge in [0.1, 0.15) is 6.04 Å². The number of rotatable bonds is 6. The number of nitrogens with zero attached hydrogens (tertiary/aromatic N) is 2. The number of carbonyl (C=O) groups is 1. The van der Waals surface area contributed by atoms with Gasteiger partial charge in [-0.2, -0.15) is 0 Å². The van der Waals surface area contributed by atoms with E-state index in [1.54, 1.807) is 6.20 Å². The Morgan fingerprint density at radius 2 is 1.72 bits per heavy atom. The second-order valence-corrected chi connectivity index (χ2v) is 5.90. The Morgan fingerprint density at radius 3 is 2.44 bits per heavy atom. The lowest BCUT2D eigenvalue weighted by Gasteiger charge is -2.29. The van der Waals surface area contributed by atoms with E-state index in [1.807, 2.05) is 60.7 Å². The van der Waals surface area contributed by atoms with E-state index in [2.05, 4.69) is 29.0 Å². The van der Waals surface area contributed by atoms with Gasteiger partial charge < -0.3 is 5.32 Å². The fraction of sp³-hybridized carbons (Fsp3) is 0.238. The van der Waals surface area contributed by atoms with Crippen molar-refractivity contribution in [1.29, 1.82) is 0 Å². The largest absolute Gasteiger partial charge is 0.323 e. The van der Waals surface area contributed by atoms with Crippen molar-refractivity contribution in [2.45, 2.75) is 19.9 Å². The van der Waals surface area contributed by atoms with Gasteiger partial charge in [0.2, 0.25) is 5.91 Å². The number of benzene rings is 2. The molecule has 0 spiro atoms. The molecule has 0 radical (unpaired) electrons. The average molecular weight is 333 g/mol. The van der Waals surface area contributed by atoms with Crippen molar-refractivity contribution in [3.63, 3.8) is 0 Å². The molecule has 0 aliphatic rings. The lowest BCUT2D eigenvalue weighted by molar-refractivity contribution is -0.121. The predicted molar refractivity (Wildman–Crippen MR) is 102 cm³/mol. The molecule has 0 aliphatic heterocycles. The topological polar surface area (TPSA) is 45.2 Å². The molecule has 1 atom stereocenters. The van der Waals surface area contributed by atoms with Crippen LogP contribution < -0.4 is 5.32 Å². The Hall–Kier alpha value is -2.72.